The van der Waals surface area contributed by atoms with Crippen LogP contribution >= 0.6 is 0 Å². The van der Waals surface area contributed by atoms with Crippen molar-refractivity contribution in [3.05, 3.63) is 24.3 Å². The molecule has 0 saturated heterocycles. The second-order valence-corrected chi connectivity index (χ2v) is 3.83. The van der Waals surface area contributed by atoms with Crippen molar-refractivity contribution in [2.24, 2.45) is 0 Å². The SMILES string of the molecule is CN(C)C1C=CC([NH+](C)C)C=C1. The minimum absolute atomic E-state index is 0.487. The Labute approximate surface area is 75.2 Å². The molecule has 0 bridgehead atoms. The van der Waals surface area contributed by atoms with E-state index in [1.165, 1.54) is 4.90 Å². The van der Waals surface area contributed by atoms with E-state index in [4.69, 9.17) is 0 Å². The molecule has 0 radical (unpaired) electrons. The van der Waals surface area contributed by atoms with Crippen molar-refractivity contribution in [2.75, 3.05) is 28.2 Å². The zero-order valence-electron chi connectivity index (χ0n) is 8.41. The summed E-state index contributed by atoms with van der Waals surface area (Å²) in [6, 6.07) is 1.04. The zero-order chi connectivity index (χ0) is 9.14. The highest BCUT2D eigenvalue weighted by atomic mass is 15.1. The predicted molar refractivity (Wildman–Crippen MR) is 52.4 cm³/mol. The van der Waals surface area contributed by atoms with E-state index in [9.17, 15) is 0 Å². The van der Waals surface area contributed by atoms with Gasteiger partial charge in [0, 0.05) is 6.04 Å². The average Bonchev–Trinajstić information content (AvgIpc) is 2.04. The minimum atomic E-state index is 0.487. The predicted octanol–water partition coefficient (Wildman–Crippen LogP) is -0.444. The number of hydrogen-bond acceptors (Lipinski definition) is 1. The van der Waals surface area contributed by atoms with Crippen molar-refractivity contribution in [2.45, 2.75) is 12.1 Å². The largest absolute Gasteiger partial charge is 0.331 e. The first-order valence-electron chi connectivity index (χ1n) is 4.44. The average molecular weight is 167 g/mol. The van der Waals surface area contributed by atoms with E-state index in [0.717, 1.165) is 0 Å². The molecule has 0 aliphatic heterocycles. The second-order valence-electron chi connectivity index (χ2n) is 3.83. The Balaban J connectivity index is 2.54. The van der Waals surface area contributed by atoms with Crippen LogP contribution in [0.2, 0.25) is 0 Å². The van der Waals surface area contributed by atoms with Crippen LogP contribution < -0.4 is 4.90 Å². The highest BCUT2D eigenvalue weighted by Crippen LogP contribution is 2.04. The van der Waals surface area contributed by atoms with Crippen LogP contribution in [-0.2, 0) is 0 Å². The summed E-state index contributed by atoms with van der Waals surface area (Å²) in [6.45, 7) is 0. The summed E-state index contributed by atoms with van der Waals surface area (Å²) in [5.74, 6) is 0. The first-order valence-corrected chi connectivity index (χ1v) is 4.44. The number of nitrogens with one attached hydrogen (secondary N) is 1. The molecule has 2 nitrogen and oxygen atoms in total. The summed E-state index contributed by atoms with van der Waals surface area (Å²) in [4.78, 5) is 3.66. The molecule has 0 heterocycles. The van der Waals surface area contributed by atoms with Crippen LogP contribution in [0.5, 0.6) is 0 Å². The lowest BCUT2D eigenvalue weighted by molar-refractivity contribution is -0.871. The molecule has 0 saturated carbocycles. The Morgan fingerprint density at radius 1 is 1.00 bits per heavy atom. The van der Waals surface area contributed by atoms with Crippen molar-refractivity contribution in [1.82, 2.24) is 4.90 Å². The Bertz CT molecular complexity index is 158. The molecular weight excluding hydrogens is 148 g/mol. The fourth-order valence-electron chi connectivity index (χ4n) is 1.32. The van der Waals surface area contributed by atoms with Gasteiger partial charge in [0.2, 0.25) is 0 Å². The van der Waals surface area contributed by atoms with Crippen molar-refractivity contribution in [1.29, 1.82) is 0 Å². The molecule has 1 rings (SSSR count). The van der Waals surface area contributed by atoms with Crippen molar-refractivity contribution < 1.29 is 4.90 Å². The molecular formula is C10H19N2+. The van der Waals surface area contributed by atoms with Crippen LogP contribution in [0.15, 0.2) is 24.3 Å². The molecule has 0 aromatic rings. The molecule has 12 heavy (non-hydrogen) atoms. The summed E-state index contributed by atoms with van der Waals surface area (Å²) in [7, 11) is 8.55. The van der Waals surface area contributed by atoms with Crippen LogP contribution in [0.1, 0.15) is 0 Å². The van der Waals surface area contributed by atoms with E-state index in [1.807, 2.05) is 0 Å². The van der Waals surface area contributed by atoms with Crippen LogP contribution in [0.4, 0.5) is 0 Å². The minimum Gasteiger partial charge on any atom is -0.331 e. The summed E-state index contributed by atoms with van der Waals surface area (Å²) < 4.78 is 0. The van der Waals surface area contributed by atoms with Gasteiger partial charge in [0.05, 0.1) is 14.1 Å². The molecule has 2 heteroatoms. The van der Waals surface area contributed by atoms with Crippen LogP contribution in [0, 0.1) is 0 Å². The molecule has 0 unspecified atom stereocenters. The third kappa shape index (κ3) is 2.19. The number of rotatable bonds is 2. The van der Waals surface area contributed by atoms with Crippen LogP contribution in [0.25, 0.3) is 0 Å². The summed E-state index contributed by atoms with van der Waals surface area (Å²) in [5, 5.41) is 0. The van der Waals surface area contributed by atoms with Gasteiger partial charge in [-0.15, -0.1) is 0 Å². The zero-order valence-corrected chi connectivity index (χ0v) is 8.41. The van der Waals surface area contributed by atoms with Gasteiger partial charge in [-0.3, -0.25) is 4.90 Å². The van der Waals surface area contributed by atoms with E-state index in [2.05, 4.69) is 57.4 Å². The fraction of sp³-hybridized carbons (Fsp3) is 0.600. The summed E-state index contributed by atoms with van der Waals surface area (Å²) in [6.07, 6.45) is 9.08. The highest BCUT2D eigenvalue weighted by molar-refractivity contribution is 5.17. The van der Waals surface area contributed by atoms with Crippen molar-refractivity contribution >= 4 is 0 Å². The maximum absolute atomic E-state index is 2.28. The first-order chi connectivity index (χ1) is 5.61. The van der Waals surface area contributed by atoms with E-state index in [0.29, 0.717) is 12.1 Å². The van der Waals surface area contributed by atoms with E-state index in [-0.39, 0.29) is 0 Å². The van der Waals surface area contributed by atoms with Gasteiger partial charge in [0.15, 0.2) is 0 Å². The second kappa shape index (κ2) is 3.87. The lowest BCUT2D eigenvalue weighted by Crippen LogP contribution is -3.09. The molecule has 0 aromatic heterocycles. The van der Waals surface area contributed by atoms with E-state index >= 15 is 0 Å². The Kier molecular flexibility index (Phi) is 3.06. The van der Waals surface area contributed by atoms with Gasteiger partial charge in [-0.25, -0.2) is 0 Å². The van der Waals surface area contributed by atoms with Gasteiger partial charge < -0.3 is 4.90 Å². The van der Waals surface area contributed by atoms with Crippen molar-refractivity contribution in [3.63, 3.8) is 0 Å². The molecule has 0 atom stereocenters. The normalized spacial score (nSPS) is 28.8. The summed E-state index contributed by atoms with van der Waals surface area (Å²) >= 11 is 0. The lowest BCUT2D eigenvalue weighted by atomic mass is 10.1. The first kappa shape index (κ1) is 9.49. The van der Waals surface area contributed by atoms with Gasteiger partial charge in [-0.05, 0) is 26.2 Å². The number of likely N-dealkylation sites (N-methyl/N-ethyl adjacent to an activating group) is 2. The number of quaternary nitrogens is 1. The molecule has 68 valence electrons. The number of hydrogen-bond donors (Lipinski definition) is 1. The maximum atomic E-state index is 2.28. The van der Waals surface area contributed by atoms with Crippen LogP contribution in [0.3, 0.4) is 0 Å². The fourth-order valence-corrected chi connectivity index (χ4v) is 1.32. The third-order valence-corrected chi connectivity index (χ3v) is 2.29. The highest BCUT2D eigenvalue weighted by Gasteiger charge is 2.13. The maximum Gasteiger partial charge on any atom is 0.125 e. The smallest absolute Gasteiger partial charge is 0.125 e. The summed E-state index contributed by atoms with van der Waals surface area (Å²) in [5.41, 5.74) is 0. The molecule has 0 amide bonds. The quantitative estimate of drug-likeness (QED) is 0.548. The van der Waals surface area contributed by atoms with Crippen molar-refractivity contribution in [3.8, 4) is 0 Å². The van der Waals surface area contributed by atoms with E-state index in [1.54, 1.807) is 0 Å². The monoisotopic (exact) mass is 167 g/mol. The van der Waals surface area contributed by atoms with Gasteiger partial charge in [0.1, 0.15) is 6.04 Å². The number of nitrogens with zero attached hydrogens (tertiary/aromatic N) is 1. The van der Waals surface area contributed by atoms with Gasteiger partial charge in [-0.2, -0.15) is 0 Å². The Morgan fingerprint density at radius 2 is 1.50 bits per heavy atom. The van der Waals surface area contributed by atoms with Gasteiger partial charge >= 0.3 is 0 Å². The molecule has 0 fully saturated rings. The van der Waals surface area contributed by atoms with Gasteiger partial charge in [-0.1, -0.05) is 12.2 Å². The Morgan fingerprint density at radius 3 is 1.83 bits per heavy atom. The third-order valence-electron chi connectivity index (χ3n) is 2.29. The lowest BCUT2D eigenvalue weighted by Gasteiger charge is -2.23. The standard InChI is InChI=1S/C10H18N2/c1-11(2)9-5-7-10(8-6-9)12(3)4/h5-10H,1-4H3/p+1. The molecule has 1 aliphatic rings. The van der Waals surface area contributed by atoms with Crippen LogP contribution in [-0.4, -0.2) is 45.2 Å². The molecule has 1 aliphatic carbocycles. The molecule has 0 spiro atoms. The molecule has 1 N–H and O–H groups in total. The topological polar surface area (TPSA) is 7.68 Å². The van der Waals surface area contributed by atoms with Gasteiger partial charge in [0.25, 0.3) is 0 Å². The molecule has 0 aromatic carbocycles. The van der Waals surface area contributed by atoms with E-state index < -0.39 is 0 Å². The Hall–Kier alpha value is -0.600.